The molecular weight excluding hydrogens is 304 g/mol. The highest BCUT2D eigenvalue weighted by Gasteiger charge is 2.32. The molecule has 1 fully saturated rings. The van der Waals surface area contributed by atoms with Crippen molar-refractivity contribution in [3.63, 3.8) is 0 Å². The molecule has 1 saturated heterocycles. The van der Waals surface area contributed by atoms with Crippen LogP contribution in [-0.4, -0.2) is 45.8 Å². The Kier molecular flexibility index (Phi) is 5.54. The fourth-order valence-electron chi connectivity index (χ4n) is 1.50. The molecule has 0 aromatic heterocycles. The van der Waals surface area contributed by atoms with E-state index < -0.39 is 25.7 Å². The van der Waals surface area contributed by atoms with Gasteiger partial charge in [0.2, 0.25) is 10.0 Å². The van der Waals surface area contributed by atoms with Crippen molar-refractivity contribution in [3.05, 3.63) is 21.3 Å². The average molecular weight is 317 g/mol. The van der Waals surface area contributed by atoms with Crippen LogP contribution < -0.4 is 0 Å². The summed E-state index contributed by atoms with van der Waals surface area (Å²) in [4.78, 5) is 9.66. The lowest BCUT2D eigenvalue weighted by atomic mass is 10.5. The van der Waals surface area contributed by atoms with Crippen LogP contribution in [-0.2, 0) is 20.8 Å². The van der Waals surface area contributed by atoms with Crippen molar-refractivity contribution in [2.75, 3.05) is 23.9 Å². The van der Waals surface area contributed by atoms with Gasteiger partial charge in [-0.3, -0.25) is 18.6 Å². The van der Waals surface area contributed by atoms with Gasteiger partial charge in [-0.15, -0.1) is 11.6 Å². The molecule has 1 unspecified atom stereocenters. The SMILES string of the molecule is O=[N+]([O-])C=C1N(S(=O)(=O)CCCCl)CCCS1=O. The van der Waals surface area contributed by atoms with E-state index in [1.165, 1.54) is 0 Å². The first-order valence-electron chi connectivity index (χ1n) is 5.18. The van der Waals surface area contributed by atoms with Crippen LogP contribution in [0.25, 0.3) is 0 Å². The second-order valence-corrected chi connectivity index (χ2v) is 7.49. The minimum atomic E-state index is -3.69. The van der Waals surface area contributed by atoms with Crippen molar-refractivity contribution in [3.8, 4) is 0 Å². The Morgan fingerprint density at radius 1 is 1.56 bits per heavy atom. The van der Waals surface area contributed by atoms with E-state index in [-0.39, 0.29) is 35.4 Å². The molecule has 1 rings (SSSR count). The van der Waals surface area contributed by atoms with Crippen LogP contribution in [0, 0.1) is 10.1 Å². The summed E-state index contributed by atoms with van der Waals surface area (Å²) in [6.45, 7) is 0.121. The minimum Gasteiger partial charge on any atom is -0.259 e. The van der Waals surface area contributed by atoms with Crippen LogP contribution in [0.2, 0.25) is 0 Å². The molecule has 1 atom stereocenters. The van der Waals surface area contributed by atoms with Gasteiger partial charge in [0, 0.05) is 18.2 Å². The first-order chi connectivity index (χ1) is 8.38. The van der Waals surface area contributed by atoms with Gasteiger partial charge >= 0.3 is 0 Å². The topological polar surface area (TPSA) is 97.6 Å². The average Bonchev–Trinajstić information content (AvgIpc) is 2.28. The molecule has 0 radical (unpaired) electrons. The van der Waals surface area contributed by atoms with Crippen LogP contribution in [0.4, 0.5) is 0 Å². The molecule has 7 nitrogen and oxygen atoms in total. The van der Waals surface area contributed by atoms with Gasteiger partial charge in [-0.1, -0.05) is 0 Å². The molecule has 0 spiro atoms. The van der Waals surface area contributed by atoms with Crippen LogP contribution in [0.1, 0.15) is 12.8 Å². The molecule has 1 aliphatic heterocycles. The van der Waals surface area contributed by atoms with Gasteiger partial charge in [0.25, 0.3) is 6.20 Å². The standard InChI is InChI=1S/C8H13ClN2O5S2/c9-3-1-6-18(15,16)10-4-2-5-17(14)8(10)7-11(12)13/h7H,1-6H2. The van der Waals surface area contributed by atoms with E-state index in [0.29, 0.717) is 12.6 Å². The maximum absolute atomic E-state index is 12.0. The van der Waals surface area contributed by atoms with Crippen LogP contribution in [0.15, 0.2) is 11.2 Å². The predicted molar refractivity (Wildman–Crippen MR) is 68.5 cm³/mol. The third kappa shape index (κ3) is 3.92. The summed E-state index contributed by atoms with van der Waals surface area (Å²) < 4.78 is 36.4. The lowest BCUT2D eigenvalue weighted by molar-refractivity contribution is -0.403. The van der Waals surface area contributed by atoms with Crippen molar-refractivity contribution in [2.45, 2.75) is 12.8 Å². The van der Waals surface area contributed by atoms with E-state index in [0.717, 1.165) is 4.31 Å². The van der Waals surface area contributed by atoms with Gasteiger partial charge in [0.15, 0.2) is 5.03 Å². The summed E-state index contributed by atoms with van der Waals surface area (Å²) in [5.41, 5.74) is 0. The van der Waals surface area contributed by atoms with E-state index in [4.69, 9.17) is 11.6 Å². The highest BCUT2D eigenvalue weighted by molar-refractivity contribution is 7.93. The maximum Gasteiger partial charge on any atom is 0.267 e. The fourth-order valence-corrected chi connectivity index (χ4v) is 4.97. The minimum absolute atomic E-state index is 0.121. The molecule has 0 aromatic carbocycles. The number of halogens is 1. The van der Waals surface area contributed by atoms with Crippen molar-refractivity contribution < 1.29 is 17.6 Å². The van der Waals surface area contributed by atoms with E-state index in [2.05, 4.69) is 0 Å². The van der Waals surface area contributed by atoms with Crippen LogP contribution in [0.5, 0.6) is 0 Å². The third-order valence-corrected chi connectivity index (χ3v) is 5.95. The van der Waals surface area contributed by atoms with Crippen molar-refractivity contribution in [2.24, 2.45) is 0 Å². The van der Waals surface area contributed by atoms with Gasteiger partial charge in [0.05, 0.1) is 21.5 Å². The highest BCUT2D eigenvalue weighted by atomic mass is 35.5. The van der Waals surface area contributed by atoms with Gasteiger partial charge < -0.3 is 0 Å². The summed E-state index contributed by atoms with van der Waals surface area (Å²) in [5, 5.41) is 10.2. The van der Waals surface area contributed by atoms with E-state index in [9.17, 15) is 22.7 Å². The first kappa shape index (κ1) is 15.4. The quantitative estimate of drug-likeness (QED) is 0.417. The molecule has 0 bridgehead atoms. The number of nitro groups is 1. The molecule has 10 heteroatoms. The lowest BCUT2D eigenvalue weighted by Gasteiger charge is -2.28. The molecule has 0 aromatic rings. The summed E-state index contributed by atoms with van der Waals surface area (Å²) in [5.74, 6) is 0.217. The van der Waals surface area contributed by atoms with Gasteiger partial charge in [-0.25, -0.2) is 8.42 Å². The van der Waals surface area contributed by atoms with E-state index >= 15 is 0 Å². The van der Waals surface area contributed by atoms with Gasteiger partial charge in [-0.2, -0.15) is 0 Å². The Labute approximate surface area is 112 Å². The molecular formula is C8H13ClN2O5S2. The smallest absolute Gasteiger partial charge is 0.259 e. The monoisotopic (exact) mass is 316 g/mol. The Morgan fingerprint density at radius 3 is 2.78 bits per heavy atom. The van der Waals surface area contributed by atoms with Crippen molar-refractivity contribution >= 4 is 32.4 Å². The number of hydrogen-bond donors (Lipinski definition) is 0. The normalized spacial score (nSPS) is 23.3. The molecule has 0 aliphatic carbocycles. The Balaban J connectivity index is 3.03. The molecule has 0 N–H and O–H groups in total. The largest absolute Gasteiger partial charge is 0.267 e. The Bertz CT molecular complexity index is 476. The second-order valence-electron chi connectivity index (χ2n) is 3.59. The lowest BCUT2D eigenvalue weighted by Crippen LogP contribution is -2.39. The summed E-state index contributed by atoms with van der Waals surface area (Å²) in [6, 6.07) is 0. The van der Waals surface area contributed by atoms with Gasteiger partial charge in [-0.05, 0) is 12.8 Å². The highest BCUT2D eigenvalue weighted by Crippen LogP contribution is 2.22. The molecule has 18 heavy (non-hydrogen) atoms. The fraction of sp³-hybridized carbons (Fsp3) is 0.750. The number of rotatable bonds is 5. The summed E-state index contributed by atoms with van der Waals surface area (Å²) in [6.07, 6.45) is 1.17. The molecule has 1 heterocycles. The molecule has 104 valence electrons. The maximum atomic E-state index is 12.0. The van der Waals surface area contributed by atoms with E-state index in [1.54, 1.807) is 0 Å². The van der Waals surface area contributed by atoms with Gasteiger partial charge in [0.1, 0.15) is 0 Å². The summed E-state index contributed by atoms with van der Waals surface area (Å²) >= 11 is 5.43. The number of sulfonamides is 1. The Hall–Kier alpha value is -0.670. The van der Waals surface area contributed by atoms with Crippen molar-refractivity contribution in [1.82, 2.24) is 4.31 Å². The predicted octanol–water partition coefficient (Wildman–Crippen LogP) is 0.475. The molecule has 0 saturated carbocycles. The van der Waals surface area contributed by atoms with Crippen molar-refractivity contribution in [1.29, 1.82) is 0 Å². The zero-order chi connectivity index (χ0) is 13.8. The summed E-state index contributed by atoms with van der Waals surface area (Å²) in [7, 11) is -5.34. The Morgan fingerprint density at radius 2 is 2.22 bits per heavy atom. The third-order valence-electron chi connectivity index (χ3n) is 2.26. The van der Waals surface area contributed by atoms with Crippen LogP contribution in [0.3, 0.4) is 0 Å². The number of hydrogen-bond acceptors (Lipinski definition) is 5. The number of nitrogens with zero attached hydrogens (tertiary/aromatic N) is 2. The molecule has 0 amide bonds. The number of alkyl halides is 1. The first-order valence-corrected chi connectivity index (χ1v) is 8.65. The van der Waals surface area contributed by atoms with Crippen LogP contribution >= 0.6 is 11.6 Å². The molecule has 1 aliphatic rings. The van der Waals surface area contributed by atoms with E-state index in [1.807, 2.05) is 0 Å². The second kappa shape index (κ2) is 6.48. The zero-order valence-electron chi connectivity index (χ0n) is 9.45. The zero-order valence-corrected chi connectivity index (χ0v) is 11.8.